The third kappa shape index (κ3) is 4.37. The van der Waals surface area contributed by atoms with Gasteiger partial charge in [0.1, 0.15) is 12.4 Å². The molecule has 2 rings (SSSR count). The van der Waals surface area contributed by atoms with Gasteiger partial charge in [-0.25, -0.2) is 4.79 Å². The first-order valence-electron chi connectivity index (χ1n) is 6.93. The van der Waals surface area contributed by atoms with Crippen LogP contribution in [0.2, 0.25) is 0 Å². The van der Waals surface area contributed by atoms with E-state index in [1.54, 1.807) is 37.5 Å². The topological polar surface area (TPSA) is 78.1 Å². The molecule has 0 amide bonds. The van der Waals surface area contributed by atoms with E-state index in [1.807, 2.05) is 6.07 Å². The summed E-state index contributed by atoms with van der Waals surface area (Å²) in [6, 6.07) is 8.58. The Hall–Kier alpha value is -2.73. The molecule has 0 saturated carbocycles. The Morgan fingerprint density at radius 3 is 2.74 bits per heavy atom. The Balaban J connectivity index is 2.06. The van der Waals surface area contributed by atoms with E-state index < -0.39 is 5.97 Å². The van der Waals surface area contributed by atoms with Crippen LogP contribution in [-0.2, 0) is 11.3 Å². The number of furan rings is 1. The molecule has 0 aliphatic carbocycles. The third-order valence-corrected chi connectivity index (χ3v) is 3.02. The molecule has 0 radical (unpaired) electrons. The Bertz CT molecular complexity index is 686. The van der Waals surface area contributed by atoms with Gasteiger partial charge in [-0.15, -0.1) is 0 Å². The minimum atomic E-state index is -0.533. The SMILES string of the molecule is COC(=O)c1ccc(COc2ccc(C=CCO)cc2OC)o1. The lowest BCUT2D eigenvalue weighted by molar-refractivity contribution is 0.0561. The van der Waals surface area contributed by atoms with Crippen molar-refractivity contribution in [1.82, 2.24) is 0 Å². The summed E-state index contributed by atoms with van der Waals surface area (Å²) in [5, 5.41) is 8.79. The second-order valence-electron chi connectivity index (χ2n) is 4.54. The van der Waals surface area contributed by atoms with Crippen LogP contribution in [0.15, 0.2) is 40.8 Å². The molecule has 122 valence electrons. The first-order chi connectivity index (χ1) is 11.2. The summed E-state index contributed by atoms with van der Waals surface area (Å²) in [6.07, 6.45) is 3.41. The Morgan fingerprint density at radius 1 is 1.22 bits per heavy atom. The van der Waals surface area contributed by atoms with Gasteiger partial charge in [-0.1, -0.05) is 18.2 Å². The summed E-state index contributed by atoms with van der Waals surface area (Å²) in [5.74, 6) is 1.20. The maximum Gasteiger partial charge on any atom is 0.373 e. The predicted octanol–water partition coefficient (Wildman–Crippen LogP) is 2.66. The molecule has 2 aromatic rings. The molecule has 6 heteroatoms. The molecule has 0 fully saturated rings. The van der Waals surface area contributed by atoms with E-state index in [2.05, 4.69) is 4.74 Å². The zero-order valence-electron chi connectivity index (χ0n) is 12.9. The molecule has 1 aromatic carbocycles. The van der Waals surface area contributed by atoms with Gasteiger partial charge in [0.25, 0.3) is 0 Å². The van der Waals surface area contributed by atoms with Crippen LogP contribution in [0.5, 0.6) is 11.5 Å². The van der Waals surface area contributed by atoms with Gasteiger partial charge in [0, 0.05) is 0 Å². The Kier molecular flexibility index (Phi) is 5.82. The molecular formula is C17H18O6. The van der Waals surface area contributed by atoms with Gasteiger partial charge in [-0.2, -0.15) is 0 Å². The fourth-order valence-electron chi connectivity index (χ4n) is 1.91. The standard InChI is InChI=1S/C17H18O6/c1-20-16-10-12(4-3-9-18)5-7-14(16)22-11-13-6-8-15(23-13)17(19)21-2/h3-8,10,18H,9,11H2,1-2H3. The average molecular weight is 318 g/mol. The Morgan fingerprint density at radius 2 is 2.04 bits per heavy atom. The number of hydrogen-bond donors (Lipinski definition) is 1. The summed E-state index contributed by atoms with van der Waals surface area (Å²) < 4.78 is 20.9. The van der Waals surface area contributed by atoms with Gasteiger partial charge in [-0.3, -0.25) is 0 Å². The molecule has 0 saturated heterocycles. The van der Waals surface area contributed by atoms with Crippen molar-refractivity contribution in [3.05, 3.63) is 53.5 Å². The van der Waals surface area contributed by atoms with E-state index in [-0.39, 0.29) is 19.0 Å². The Labute approximate surface area is 133 Å². The molecule has 0 bridgehead atoms. The van der Waals surface area contributed by atoms with Crippen molar-refractivity contribution in [1.29, 1.82) is 0 Å². The predicted molar refractivity (Wildman–Crippen MR) is 83.5 cm³/mol. The number of hydrogen-bond acceptors (Lipinski definition) is 6. The number of aliphatic hydroxyl groups excluding tert-OH is 1. The van der Waals surface area contributed by atoms with Crippen molar-refractivity contribution in [2.24, 2.45) is 0 Å². The largest absolute Gasteiger partial charge is 0.493 e. The highest BCUT2D eigenvalue weighted by molar-refractivity contribution is 5.86. The molecule has 0 aliphatic rings. The first-order valence-corrected chi connectivity index (χ1v) is 6.93. The molecular weight excluding hydrogens is 300 g/mol. The molecule has 6 nitrogen and oxygen atoms in total. The molecule has 0 aliphatic heterocycles. The highest BCUT2D eigenvalue weighted by Crippen LogP contribution is 2.29. The van der Waals surface area contributed by atoms with Crippen LogP contribution in [0.4, 0.5) is 0 Å². The van der Waals surface area contributed by atoms with Crippen molar-refractivity contribution in [3.8, 4) is 11.5 Å². The van der Waals surface area contributed by atoms with Crippen molar-refractivity contribution >= 4 is 12.0 Å². The third-order valence-electron chi connectivity index (χ3n) is 3.02. The zero-order chi connectivity index (χ0) is 16.7. The number of carbonyl (C=O) groups is 1. The molecule has 23 heavy (non-hydrogen) atoms. The lowest BCUT2D eigenvalue weighted by Gasteiger charge is -2.10. The number of carbonyl (C=O) groups excluding carboxylic acids is 1. The van der Waals surface area contributed by atoms with Gasteiger partial charge in [-0.05, 0) is 29.8 Å². The van der Waals surface area contributed by atoms with E-state index in [1.165, 1.54) is 13.2 Å². The number of esters is 1. The van der Waals surface area contributed by atoms with Gasteiger partial charge < -0.3 is 23.7 Å². The summed E-state index contributed by atoms with van der Waals surface area (Å²) in [4.78, 5) is 11.3. The van der Waals surface area contributed by atoms with E-state index in [0.29, 0.717) is 17.3 Å². The number of benzene rings is 1. The summed E-state index contributed by atoms with van der Waals surface area (Å²) >= 11 is 0. The lowest BCUT2D eigenvalue weighted by Crippen LogP contribution is -1.99. The van der Waals surface area contributed by atoms with Crippen LogP contribution >= 0.6 is 0 Å². The van der Waals surface area contributed by atoms with Crippen LogP contribution in [-0.4, -0.2) is 31.9 Å². The van der Waals surface area contributed by atoms with Crippen molar-refractivity contribution in [2.75, 3.05) is 20.8 Å². The summed E-state index contributed by atoms with van der Waals surface area (Å²) in [5.41, 5.74) is 0.884. The second kappa shape index (κ2) is 8.05. The number of methoxy groups -OCH3 is 2. The molecule has 0 unspecified atom stereocenters. The quantitative estimate of drug-likeness (QED) is 0.791. The second-order valence-corrected chi connectivity index (χ2v) is 4.54. The zero-order valence-corrected chi connectivity index (χ0v) is 12.9. The van der Waals surface area contributed by atoms with Gasteiger partial charge in [0.15, 0.2) is 11.5 Å². The van der Waals surface area contributed by atoms with Crippen LogP contribution in [0.3, 0.4) is 0 Å². The van der Waals surface area contributed by atoms with Crippen LogP contribution in [0, 0.1) is 0 Å². The molecule has 0 atom stereocenters. The minimum Gasteiger partial charge on any atom is -0.493 e. The maximum absolute atomic E-state index is 11.3. The van der Waals surface area contributed by atoms with E-state index >= 15 is 0 Å². The van der Waals surface area contributed by atoms with Gasteiger partial charge in [0.05, 0.1) is 20.8 Å². The molecule has 1 aromatic heterocycles. The first kappa shape index (κ1) is 16.6. The highest BCUT2D eigenvalue weighted by Gasteiger charge is 2.12. The van der Waals surface area contributed by atoms with Crippen molar-refractivity contribution < 1.29 is 28.5 Å². The fourth-order valence-corrected chi connectivity index (χ4v) is 1.91. The van der Waals surface area contributed by atoms with Crippen LogP contribution in [0.25, 0.3) is 6.08 Å². The molecule has 1 heterocycles. The van der Waals surface area contributed by atoms with Gasteiger partial charge in [0.2, 0.25) is 5.76 Å². The molecule has 1 N–H and O–H groups in total. The average Bonchev–Trinajstić information content (AvgIpc) is 3.06. The number of aliphatic hydroxyl groups is 1. The van der Waals surface area contributed by atoms with E-state index in [4.69, 9.17) is 19.0 Å². The van der Waals surface area contributed by atoms with E-state index in [0.717, 1.165) is 5.56 Å². The molecule has 0 spiro atoms. The van der Waals surface area contributed by atoms with E-state index in [9.17, 15) is 4.79 Å². The van der Waals surface area contributed by atoms with Crippen molar-refractivity contribution in [2.45, 2.75) is 6.61 Å². The van der Waals surface area contributed by atoms with Crippen molar-refractivity contribution in [3.63, 3.8) is 0 Å². The van der Waals surface area contributed by atoms with Crippen LogP contribution in [0.1, 0.15) is 21.9 Å². The monoisotopic (exact) mass is 318 g/mol. The smallest absolute Gasteiger partial charge is 0.373 e. The number of ether oxygens (including phenoxy) is 3. The maximum atomic E-state index is 11.3. The van der Waals surface area contributed by atoms with Gasteiger partial charge >= 0.3 is 5.97 Å². The normalized spacial score (nSPS) is 10.7. The number of rotatable bonds is 7. The summed E-state index contributed by atoms with van der Waals surface area (Å²) in [7, 11) is 2.84. The van der Waals surface area contributed by atoms with Crippen LogP contribution < -0.4 is 9.47 Å². The summed E-state index contributed by atoms with van der Waals surface area (Å²) in [6.45, 7) is 0.126. The lowest BCUT2D eigenvalue weighted by atomic mass is 10.2. The minimum absolute atomic E-state index is 0.0262. The highest BCUT2D eigenvalue weighted by atomic mass is 16.5. The fraction of sp³-hybridized carbons (Fsp3) is 0.235.